The van der Waals surface area contributed by atoms with Crippen molar-refractivity contribution in [2.24, 2.45) is 5.92 Å². The van der Waals surface area contributed by atoms with Gasteiger partial charge in [-0.2, -0.15) is 0 Å². The minimum absolute atomic E-state index is 0.0451. The van der Waals surface area contributed by atoms with Crippen LogP contribution in [0.2, 0.25) is 0 Å². The Labute approximate surface area is 119 Å². The van der Waals surface area contributed by atoms with Crippen LogP contribution in [0.15, 0.2) is 18.2 Å². The van der Waals surface area contributed by atoms with Crippen LogP contribution < -0.4 is 16.0 Å². The molecule has 3 N–H and O–H groups in total. The highest BCUT2D eigenvalue weighted by Crippen LogP contribution is 2.20. The van der Waals surface area contributed by atoms with Crippen LogP contribution in [0, 0.1) is 12.8 Å². The van der Waals surface area contributed by atoms with E-state index >= 15 is 0 Å². The Morgan fingerprint density at radius 3 is 2.60 bits per heavy atom. The normalized spacial score (nSPS) is 15.7. The van der Waals surface area contributed by atoms with Crippen molar-refractivity contribution in [2.45, 2.75) is 19.8 Å². The fraction of sp³-hybridized carbons (Fsp3) is 0.467. The summed E-state index contributed by atoms with van der Waals surface area (Å²) in [5, 5.41) is 8.78. The number of benzene rings is 1. The Kier molecular flexibility index (Phi) is 4.74. The van der Waals surface area contributed by atoms with Gasteiger partial charge in [0.25, 0.3) is 5.91 Å². The van der Waals surface area contributed by atoms with Crippen molar-refractivity contribution in [3.8, 4) is 0 Å². The zero-order valence-corrected chi connectivity index (χ0v) is 12.0. The molecule has 0 unspecified atom stereocenters. The number of anilines is 1. The molecule has 0 bridgehead atoms. The van der Waals surface area contributed by atoms with E-state index in [0.717, 1.165) is 37.2 Å². The van der Waals surface area contributed by atoms with Crippen molar-refractivity contribution in [1.82, 2.24) is 10.6 Å². The number of rotatable bonds is 3. The van der Waals surface area contributed by atoms with Crippen molar-refractivity contribution in [2.75, 3.05) is 25.5 Å². The molecule has 1 saturated heterocycles. The molecule has 2 amide bonds. The molecule has 2 rings (SSSR count). The molecule has 1 fully saturated rings. The fourth-order valence-electron chi connectivity index (χ4n) is 2.36. The third-order valence-corrected chi connectivity index (χ3v) is 3.69. The molecule has 5 heteroatoms. The lowest BCUT2D eigenvalue weighted by atomic mass is 9.97. The second kappa shape index (κ2) is 6.52. The Balaban J connectivity index is 2.11. The number of amides is 2. The maximum atomic E-state index is 12.2. The Hall–Kier alpha value is -1.88. The van der Waals surface area contributed by atoms with Crippen LogP contribution in [0.25, 0.3) is 0 Å². The monoisotopic (exact) mass is 275 g/mol. The number of carbonyl (C=O) groups excluding carboxylic acids is 2. The van der Waals surface area contributed by atoms with E-state index in [9.17, 15) is 9.59 Å². The van der Waals surface area contributed by atoms with Crippen LogP contribution in [0.1, 0.15) is 28.8 Å². The second-order valence-corrected chi connectivity index (χ2v) is 5.12. The molecule has 1 aromatic carbocycles. The second-order valence-electron chi connectivity index (χ2n) is 5.12. The van der Waals surface area contributed by atoms with E-state index in [1.807, 2.05) is 13.0 Å². The molecule has 1 heterocycles. The van der Waals surface area contributed by atoms with Gasteiger partial charge in [0, 0.05) is 24.2 Å². The van der Waals surface area contributed by atoms with Gasteiger partial charge in [-0.1, -0.05) is 6.07 Å². The van der Waals surface area contributed by atoms with E-state index in [1.165, 1.54) is 0 Å². The van der Waals surface area contributed by atoms with Crippen LogP contribution in [0.4, 0.5) is 5.69 Å². The number of aryl methyl sites for hydroxylation is 1. The van der Waals surface area contributed by atoms with E-state index in [2.05, 4.69) is 16.0 Å². The van der Waals surface area contributed by atoms with E-state index < -0.39 is 0 Å². The van der Waals surface area contributed by atoms with E-state index in [-0.39, 0.29) is 17.7 Å². The van der Waals surface area contributed by atoms with Crippen LogP contribution in [0.3, 0.4) is 0 Å². The van der Waals surface area contributed by atoms with Gasteiger partial charge in [-0.05, 0) is 50.6 Å². The van der Waals surface area contributed by atoms with Gasteiger partial charge >= 0.3 is 0 Å². The third kappa shape index (κ3) is 3.36. The molecule has 0 radical (unpaired) electrons. The first kappa shape index (κ1) is 14.5. The van der Waals surface area contributed by atoms with E-state index in [4.69, 9.17) is 0 Å². The Bertz CT molecular complexity index is 508. The quantitative estimate of drug-likeness (QED) is 0.778. The largest absolute Gasteiger partial charge is 0.355 e. The molecule has 1 aliphatic rings. The summed E-state index contributed by atoms with van der Waals surface area (Å²) in [6.45, 7) is 3.69. The SMILES string of the molecule is CNC(=O)c1ccc(C)c(NC(=O)C2CCNCC2)c1. The lowest BCUT2D eigenvalue weighted by Gasteiger charge is -2.22. The molecular weight excluding hydrogens is 254 g/mol. The highest BCUT2D eigenvalue weighted by Gasteiger charge is 2.21. The highest BCUT2D eigenvalue weighted by atomic mass is 16.2. The predicted octanol–water partition coefficient (Wildman–Crippen LogP) is 1.29. The van der Waals surface area contributed by atoms with Crippen LogP contribution in [-0.2, 0) is 4.79 Å². The number of nitrogens with one attached hydrogen (secondary N) is 3. The van der Waals surface area contributed by atoms with Gasteiger partial charge in [0.15, 0.2) is 0 Å². The lowest BCUT2D eigenvalue weighted by Crippen LogP contribution is -2.34. The molecule has 1 aliphatic heterocycles. The molecule has 0 aliphatic carbocycles. The first-order chi connectivity index (χ1) is 9.61. The van der Waals surface area contributed by atoms with Crippen molar-refractivity contribution >= 4 is 17.5 Å². The minimum atomic E-state index is -0.151. The maximum absolute atomic E-state index is 12.2. The summed E-state index contributed by atoms with van der Waals surface area (Å²) in [4.78, 5) is 23.9. The van der Waals surface area contributed by atoms with Crippen molar-refractivity contribution in [1.29, 1.82) is 0 Å². The van der Waals surface area contributed by atoms with Crippen LogP contribution in [-0.4, -0.2) is 32.0 Å². The van der Waals surface area contributed by atoms with Crippen molar-refractivity contribution in [3.05, 3.63) is 29.3 Å². The molecule has 0 saturated carbocycles. The molecule has 0 spiro atoms. The first-order valence-electron chi connectivity index (χ1n) is 6.96. The number of hydrogen-bond acceptors (Lipinski definition) is 3. The lowest BCUT2D eigenvalue weighted by molar-refractivity contribution is -0.120. The van der Waals surface area contributed by atoms with Gasteiger partial charge in [-0.25, -0.2) is 0 Å². The van der Waals surface area contributed by atoms with Gasteiger partial charge in [-0.15, -0.1) is 0 Å². The summed E-state index contributed by atoms with van der Waals surface area (Å²) in [6.07, 6.45) is 1.72. The average Bonchev–Trinajstić information content (AvgIpc) is 2.49. The molecule has 5 nitrogen and oxygen atoms in total. The zero-order chi connectivity index (χ0) is 14.5. The van der Waals surface area contributed by atoms with Gasteiger partial charge in [0.05, 0.1) is 0 Å². The number of carbonyl (C=O) groups is 2. The summed E-state index contributed by atoms with van der Waals surface area (Å²) in [5.41, 5.74) is 2.23. The maximum Gasteiger partial charge on any atom is 0.251 e. The minimum Gasteiger partial charge on any atom is -0.355 e. The standard InChI is InChI=1S/C15H21N3O2/c1-10-3-4-12(14(19)16-2)9-13(10)18-15(20)11-5-7-17-8-6-11/h3-4,9,11,17H,5-8H2,1-2H3,(H,16,19)(H,18,20). The van der Waals surface area contributed by atoms with E-state index in [0.29, 0.717) is 5.56 Å². The Morgan fingerprint density at radius 1 is 1.25 bits per heavy atom. The van der Waals surface area contributed by atoms with Gasteiger partial charge in [0.2, 0.25) is 5.91 Å². The van der Waals surface area contributed by atoms with Gasteiger partial charge in [-0.3, -0.25) is 9.59 Å². The average molecular weight is 275 g/mol. The number of hydrogen-bond donors (Lipinski definition) is 3. The molecular formula is C15H21N3O2. The van der Waals surface area contributed by atoms with Gasteiger partial charge in [0.1, 0.15) is 0 Å². The molecule has 108 valence electrons. The predicted molar refractivity (Wildman–Crippen MR) is 78.8 cm³/mol. The topological polar surface area (TPSA) is 70.2 Å². The number of piperidine rings is 1. The first-order valence-corrected chi connectivity index (χ1v) is 6.96. The van der Waals surface area contributed by atoms with Crippen LogP contribution >= 0.6 is 0 Å². The van der Waals surface area contributed by atoms with Crippen LogP contribution in [0.5, 0.6) is 0 Å². The summed E-state index contributed by atoms with van der Waals surface area (Å²) >= 11 is 0. The summed E-state index contributed by atoms with van der Waals surface area (Å²) in [5.74, 6) is -0.0506. The van der Waals surface area contributed by atoms with Gasteiger partial charge < -0.3 is 16.0 Å². The summed E-state index contributed by atoms with van der Waals surface area (Å²) in [6, 6.07) is 5.34. The third-order valence-electron chi connectivity index (χ3n) is 3.69. The molecule has 0 aromatic heterocycles. The van der Waals surface area contributed by atoms with Crippen molar-refractivity contribution in [3.63, 3.8) is 0 Å². The molecule has 0 atom stereocenters. The zero-order valence-electron chi connectivity index (χ0n) is 12.0. The smallest absolute Gasteiger partial charge is 0.251 e. The van der Waals surface area contributed by atoms with Crippen molar-refractivity contribution < 1.29 is 9.59 Å². The summed E-state index contributed by atoms with van der Waals surface area (Å²) in [7, 11) is 1.59. The fourth-order valence-corrected chi connectivity index (χ4v) is 2.36. The Morgan fingerprint density at radius 2 is 1.95 bits per heavy atom. The van der Waals surface area contributed by atoms with E-state index in [1.54, 1.807) is 19.2 Å². The highest BCUT2D eigenvalue weighted by molar-refractivity contribution is 5.98. The molecule has 20 heavy (non-hydrogen) atoms. The summed E-state index contributed by atoms with van der Waals surface area (Å²) < 4.78 is 0. The molecule has 1 aromatic rings.